The molecule has 0 saturated carbocycles. The smallest absolute Gasteiger partial charge is 0.139 e. The van der Waals surface area contributed by atoms with Gasteiger partial charge in [0.1, 0.15) is 5.75 Å². The van der Waals surface area contributed by atoms with Gasteiger partial charge in [0.25, 0.3) is 0 Å². The van der Waals surface area contributed by atoms with E-state index in [1.54, 1.807) is 12.1 Å². The molecule has 0 aliphatic rings. The second-order valence-electron chi connectivity index (χ2n) is 1.93. The molecular formula is C8H7Cl2O. The van der Waals surface area contributed by atoms with Gasteiger partial charge < -0.3 is 4.74 Å². The summed E-state index contributed by atoms with van der Waals surface area (Å²) >= 11 is 11.4. The number of benzene rings is 1. The average molecular weight is 190 g/mol. The quantitative estimate of drug-likeness (QED) is 0.695. The monoisotopic (exact) mass is 189 g/mol. The molecule has 3 heteroatoms. The molecule has 0 unspecified atom stereocenters. The Hall–Kier alpha value is -0.400. The van der Waals surface area contributed by atoms with Crippen LogP contribution in [0.5, 0.6) is 5.75 Å². The van der Waals surface area contributed by atoms with E-state index in [9.17, 15) is 0 Å². The van der Waals surface area contributed by atoms with Gasteiger partial charge in [0.15, 0.2) is 0 Å². The van der Waals surface area contributed by atoms with Crippen molar-refractivity contribution in [3.05, 3.63) is 28.2 Å². The van der Waals surface area contributed by atoms with Gasteiger partial charge >= 0.3 is 0 Å². The molecule has 0 aliphatic heterocycles. The number of ether oxygens (including phenoxy) is 1. The summed E-state index contributed by atoms with van der Waals surface area (Å²) < 4.78 is 5.17. The summed E-state index contributed by atoms with van der Waals surface area (Å²) in [5.41, 5.74) is 0. The molecule has 0 fully saturated rings. The van der Waals surface area contributed by atoms with Crippen LogP contribution in [-0.2, 0) is 0 Å². The molecule has 59 valence electrons. The summed E-state index contributed by atoms with van der Waals surface area (Å²) in [6.45, 7) is 2.46. The molecule has 0 aliphatic carbocycles. The Morgan fingerprint density at radius 1 is 1.55 bits per heavy atom. The number of hydrogen-bond acceptors (Lipinski definition) is 1. The van der Waals surface area contributed by atoms with Crippen molar-refractivity contribution in [1.29, 1.82) is 0 Å². The largest absolute Gasteiger partial charge is 0.492 e. The second kappa shape index (κ2) is 3.84. The van der Waals surface area contributed by atoms with Crippen molar-refractivity contribution in [2.45, 2.75) is 6.92 Å². The fourth-order valence-corrected chi connectivity index (χ4v) is 1.01. The van der Waals surface area contributed by atoms with Gasteiger partial charge in [-0.2, -0.15) is 0 Å². The van der Waals surface area contributed by atoms with Crippen LogP contribution in [-0.4, -0.2) is 6.61 Å². The van der Waals surface area contributed by atoms with E-state index < -0.39 is 0 Å². The molecule has 0 bridgehead atoms. The van der Waals surface area contributed by atoms with Gasteiger partial charge in [0.2, 0.25) is 0 Å². The number of hydrogen-bond donors (Lipinski definition) is 0. The van der Waals surface area contributed by atoms with E-state index >= 15 is 0 Å². The number of rotatable bonds is 2. The van der Waals surface area contributed by atoms with Crippen LogP contribution in [0.15, 0.2) is 12.1 Å². The number of halogens is 2. The molecule has 0 saturated heterocycles. The summed E-state index contributed by atoms with van der Waals surface area (Å²) in [4.78, 5) is 0. The minimum atomic E-state index is 0.469. The van der Waals surface area contributed by atoms with E-state index in [1.807, 2.05) is 6.92 Å². The first-order chi connectivity index (χ1) is 5.24. The van der Waals surface area contributed by atoms with Crippen LogP contribution >= 0.6 is 23.2 Å². The molecule has 0 spiro atoms. The Morgan fingerprint density at radius 2 is 2.27 bits per heavy atom. The molecule has 0 aromatic heterocycles. The highest BCUT2D eigenvalue weighted by Gasteiger charge is 2.00. The predicted octanol–water partition coefficient (Wildman–Crippen LogP) is 3.19. The third-order valence-corrected chi connectivity index (χ3v) is 1.64. The predicted molar refractivity (Wildman–Crippen MR) is 46.5 cm³/mol. The Balaban J connectivity index is 2.93. The summed E-state index contributed by atoms with van der Waals surface area (Å²) in [6, 6.07) is 6.04. The van der Waals surface area contributed by atoms with Gasteiger partial charge in [0.05, 0.1) is 11.6 Å². The topological polar surface area (TPSA) is 9.23 Å². The van der Waals surface area contributed by atoms with E-state index in [4.69, 9.17) is 27.9 Å². The molecule has 11 heavy (non-hydrogen) atoms. The van der Waals surface area contributed by atoms with Crippen LogP contribution in [0.2, 0.25) is 10.0 Å². The lowest BCUT2D eigenvalue weighted by Crippen LogP contribution is -1.91. The van der Waals surface area contributed by atoms with Crippen LogP contribution in [0.4, 0.5) is 0 Å². The maximum absolute atomic E-state index is 5.74. The van der Waals surface area contributed by atoms with E-state index in [-0.39, 0.29) is 0 Å². The van der Waals surface area contributed by atoms with Crippen LogP contribution in [0.1, 0.15) is 6.92 Å². The van der Waals surface area contributed by atoms with Crippen molar-refractivity contribution in [1.82, 2.24) is 0 Å². The SMILES string of the molecule is CCOc1cc(Cl)c[c]c1Cl. The molecule has 1 nitrogen and oxygen atoms in total. The fraction of sp³-hybridized carbons (Fsp3) is 0.250. The maximum atomic E-state index is 5.74. The first-order valence-corrected chi connectivity index (χ1v) is 3.99. The highest BCUT2D eigenvalue weighted by atomic mass is 35.5. The van der Waals surface area contributed by atoms with Gasteiger partial charge in [-0.05, 0) is 13.0 Å². The summed E-state index contributed by atoms with van der Waals surface area (Å²) in [7, 11) is 0. The zero-order chi connectivity index (χ0) is 8.27. The van der Waals surface area contributed by atoms with Crippen molar-refractivity contribution in [3.8, 4) is 5.75 Å². The van der Waals surface area contributed by atoms with Crippen LogP contribution in [0.25, 0.3) is 0 Å². The van der Waals surface area contributed by atoms with Gasteiger partial charge in [-0.3, -0.25) is 0 Å². The van der Waals surface area contributed by atoms with Crippen LogP contribution in [0, 0.1) is 6.07 Å². The Morgan fingerprint density at radius 3 is 2.91 bits per heavy atom. The molecule has 0 atom stereocenters. The van der Waals surface area contributed by atoms with E-state index in [0.717, 1.165) is 0 Å². The fourth-order valence-electron chi connectivity index (χ4n) is 0.694. The van der Waals surface area contributed by atoms with Gasteiger partial charge in [-0.1, -0.05) is 23.2 Å². The molecular weight excluding hydrogens is 183 g/mol. The van der Waals surface area contributed by atoms with Crippen LogP contribution < -0.4 is 4.74 Å². The molecule has 0 N–H and O–H groups in total. The lowest BCUT2D eigenvalue weighted by atomic mass is 10.3. The average Bonchev–Trinajstić information content (AvgIpc) is 1.98. The lowest BCUT2D eigenvalue weighted by molar-refractivity contribution is 0.340. The summed E-state index contributed by atoms with van der Waals surface area (Å²) in [5.74, 6) is 0.585. The van der Waals surface area contributed by atoms with E-state index in [2.05, 4.69) is 6.07 Å². The molecule has 1 aromatic rings. The summed E-state index contributed by atoms with van der Waals surface area (Å²) in [6.07, 6.45) is 0. The first-order valence-electron chi connectivity index (χ1n) is 3.23. The molecule has 0 heterocycles. The Labute approximate surface area is 75.9 Å². The first kappa shape index (κ1) is 8.69. The lowest BCUT2D eigenvalue weighted by Gasteiger charge is -2.04. The third-order valence-electron chi connectivity index (χ3n) is 1.12. The van der Waals surface area contributed by atoms with Crippen molar-refractivity contribution < 1.29 is 4.74 Å². The van der Waals surface area contributed by atoms with Crippen molar-refractivity contribution in [2.75, 3.05) is 6.61 Å². The van der Waals surface area contributed by atoms with Gasteiger partial charge in [-0.25, -0.2) is 0 Å². The highest BCUT2D eigenvalue weighted by molar-refractivity contribution is 6.34. The zero-order valence-electron chi connectivity index (χ0n) is 6.03. The van der Waals surface area contributed by atoms with Crippen molar-refractivity contribution in [2.24, 2.45) is 0 Å². The van der Waals surface area contributed by atoms with E-state index in [0.29, 0.717) is 22.4 Å². The molecule has 1 radical (unpaired) electrons. The second-order valence-corrected chi connectivity index (χ2v) is 2.74. The Kier molecular flexibility index (Phi) is 3.03. The van der Waals surface area contributed by atoms with Gasteiger partial charge in [-0.15, -0.1) is 0 Å². The van der Waals surface area contributed by atoms with Crippen molar-refractivity contribution >= 4 is 23.2 Å². The van der Waals surface area contributed by atoms with Crippen molar-refractivity contribution in [3.63, 3.8) is 0 Å². The molecule has 1 aromatic carbocycles. The minimum absolute atomic E-state index is 0.469. The normalized spacial score (nSPS) is 9.73. The maximum Gasteiger partial charge on any atom is 0.139 e. The van der Waals surface area contributed by atoms with Gasteiger partial charge in [0, 0.05) is 17.2 Å². The Bertz CT molecular complexity index is 248. The standard InChI is InChI=1S/C8H7Cl2O/c1-2-11-8-5-6(9)3-4-7(8)10/h3,5H,2H2,1H3. The molecule has 1 rings (SSSR count). The van der Waals surface area contributed by atoms with Crippen LogP contribution in [0.3, 0.4) is 0 Å². The third kappa shape index (κ3) is 2.28. The minimum Gasteiger partial charge on any atom is -0.492 e. The summed E-state index contributed by atoms with van der Waals surface area (Å²) in [5, 5.41) is 1.05. The van der Waals surface area contributed by atoms with E-state index in [1.165, 1.54) is 0 Å². The zero-order valence-corrected chi connectivity index (χ0v) is 7.54. The molecule has 0 amide bonds. The highest BCUT2D eigenvalue weighted by Crippen LogP contribution is 2.26.